The minimum absolute atomic E-state index is 0.0201. The maximum Gasteiger partial charge on any atom is 0.303 e. The Morgan fingerprint density at radius 3 is 2.78 bits per heavy atom. The van der Waals surface area contributed by atoms with Crippen molar-refractivity contribution in [1.29, 1.82) is 0 Å². The van der Waals surface area contributed by atoms with E-state index in [2.05, 4.69) is 17.3 Å². The molecule has 6 nitrogen and oxygen atoms in total. The van der Waals surface area contributed by atoms with E-state index in [9.17, 15) is 9.59 Å². The van der Waals surface area contributed by atoms with Gasteiger partial charge in [0.15, 0.2) is 0 Å². The molecule has 18 heavy (non-hydrogen) atoms. The van der Waals surface area contributed by atoms with E-state index >= 15 is 0 Å². The molecular weight excluding hydrogens is 234 g/mol. The van der Waals surface area contributed by atoms with Crippen molar-refractivity contribution in [2.75, 3.05) is 5.32 Å². The number of aliphatic carboxylic acids is 1. The van der Waals surface area contributed by atoms with Gasteiger partial charge in [0, 0.05) is 18.5 Å². The van der Waals surface area contributed by atoms with Gasteiger partial charge in [-0.1, -0.05) is 13.3 Å². The van der Waals surface area contributed by atoms with E-state index in [1.54, 1.807) is 10.9 Å². The molecule has 0 fully saturated rings. The van der Waals surface area contributed by atoms with Crippen LogP contribution in [-0.2, 0) is 16.1 Å². The van der Waals surface area contributed by atoms with Gasteiger partial charge in [-0.2, -0.15) is 5.10 Å². The van der Waals surface area contributed by atoms with Crippen LogP contribution in [0.15, 0.2) is 6.20 Å². The third-order valence-corrected chi connectivity index (χ3v) is 2.57. The topological polar surface area (TPSA) is 84.2 Å². The van der Waals surface area contributed by atoms with Crippen LogP contribution in [0.5, 0.6) is 0 Å². The van der Waals surface area contributed by atoms with Gasteiger partial charge in [0.2, 0.25) is 5.91 Å². The standard InChI is InChI=1S/C12H19N3O3/c1-3-4-7-15-12(9(2)8-13-15)14-10(16)5-6-11(17)18/h8H,3-7H2,1-2H3,(H,14,16)(H,17,18). The normalized spacial score (nSPS) is 10.3. The number of amides is 1. The molecule has 6 heteroatoms. The molecule has 0 aliphatic rings. The third-order valence-electron chi connectivity index (χ3n) is 2.57. The molecule has 0 aliphatic heterocycles. The molecule has 1 amide bonds. The zero-order valence-electron chi connectivity index (χ0n) is 10.8. The van der Waals surface area contributed by atoms with Crippen LogP contribution in [-0.4, -0.2) is 26.8 Å². The van der Waals surface area contributed by atoms with E-state index in [1.807, 2.05) is 6.92 Å². The summed E-state index contributed by atoms with van der Waals surface area (Å²) in [6.45, 7) is 4.70. The minimum Gasteiger partial charge on any atom is -0.481 e. The first kappa shape index (κ1) is 14.2. The number of hydrogen-bond donors (Lipinski definition) is 2. The quantitative estimate of drug-likeness (QED) is 0.776. The molecule has 1 aromatic heterocycles. The summed E-state index contributed by atoms with van der Waals surface area (Å²) in [6.07, 6.45) is 3.55. The van der Waals surface area contributed by atoms with Crippen LogP contribution in [0.25, 0.3) is 0 Å². The summed E-state index contributed by atoms with van der Waals surface area (Å²) >= 11 is 0. The Kier molecular flexibility index (Phi) is 5.35. The Bertz CT molecular complexity index is 426. The van der Waals surface area contributed by atoms with Crippen LogP contribution in [0.2, 0.25) is 0 Å². The predicted molar refractivity (Wildman–Crippen MR) is 67.4 cm³/mol. The number of aryl methyl sites for hydroxylation is 2. The van der Waals surface area contributed by atoms with Crippen molar-refractivity contribution in [1.82, 2.24) is 9.78 Å². The number of unbranched alkanes of at least 4 members (excludes halogenated alkanes) is 1. The molecule has 0 atom stereocenters. The molecule has 1 rings (SSSR count). The third kappa shape index (κ3) is 4.20. The molecule has 0 saturated heterocycles. The maximum absolute atomic E-state index is 11.6. The van der Waals surface area contributed by atoms with Gasteiger partial charge in [-0.05, 0) is 13.3 Å². The molecular formula is C12H19N3O3. The number of nitrogens with zero attached hydrogens (tertiary/aromatic N) is 2. The first-order valence-corrected chi connectivity index (χ1v) is 6.08. The second-order valence-corrected chi connectivity index (χ2v) is 4.19. The lowest BCUT2D eigenvalue weighted by Crippen LogP contribution is -2.17. The summed E-state index contributed by atoms with van der Waals surface area (Å²) in [6, 6.07) is 0. The Morgan fingerprint density at radius 1 is 1.44 bits per heavy atom. The Hall–Kier alpha value is -1.85. The van der Waals surface area contributed by atoms with E-state index in [-0.39, 0.29) is 18.7 Å². The van der Waals surface area contributed by atoms with Gasteiger partial charge in [-0.15, -0.1) is 0 Å². The largest absolute Gasteiger partial charge is 0.481 e. The van der Waals surface area contributed by atoms with E-state index < -0.39 is 5.97 Å². The lowest BCUT2D eigenvalue weighted by atomic mass is 10.3. The number of nitrogens with one attached hydrogen (secondary N) is 1. The molecule has 0 saturated carbocycles. The average Bonchev–Trinajstić information content (AvgIpc) is 2.66. The van der Waals surface area contributed by atoms with Crippen molar-refractivity contribution in [3.05, 3.63) is 11.8 Å². The van der Waals surface area contributed by atoms with Crippen molar-refractivity contribution in [3.8, 4) is 0 Å². The van der Waals surface area contributed by atoms with Crippen molar-refractivity contribution in [3.63, 3.8) is 0 Å². The Balaban J connectivity index is 2.62. The number of rotatable bonds is 7. The fourth-order valence-electron chi connectivity index (χ4n) is 1.53. The predicted octanol–water partition coefficient (Wildman–Crippen LogP) is 1.79. The maximum atomic E-state index is 11.6. The number of carboxylic acids is 1. The summed E-state index contributed by atoms with van der Waals surface area (Å²) in [5, 5.41) is 15.4. The van der Waals surface area contributed by atoms with Gasteiger partial charge in [0.05, 0.1) is 12.6 Å². The molecule has 100 valence electrons. The van der Waals surface area contributed by atoms with E-state index in [4.69, 9.17) is 5.11 Å². The van der Waals surface area contributed by atoms with Crippen molar-refractivity contribution in [2.24, 2.45) is 0 Å². The SMILES string of the molecule is CCCCn1ncc(C)c1NC(=O)CCC(=O)O. The monoisotopic (exact) mass is 253 g/mol. The molecule has 2 N–H and O–H groups in total. The number of carbonyl (C=O) groups excluding carboxylic acids is 1. The molecule has 0 bridgehead atoms. The van der Waals surface area contributed by atoms with Crippen LogP contribution < -0.4 is 5.32 Å². The molecule has 1 heterocycles. The van der Waals surface area contributed by atoms with E-state index in [1.165, 1.54) is 0 Å². The number of hydrogen-bond acceptors (Lipinski definition) is 3. The lowest BCUT2D eigenvalue weighted by Gasteiger charge is -2.09. The molecule has 1 aromatic rings. The molecule has 0 spiro atoms. The summed E-state index contributed by atoms with van der Waals surface area (Å²) in [7, 11) is 0. The second kappa shape index (κ2) is 6.78. The molecule has 0 unspecified atom stereocenters. The summed E-state index contributed by atoms with van der Waals surface area (Å²) < 4.78 is 1.75. The van der Waals surface area contributed by atoms with Crippen molar-refractivity contribution in [2.45, 2.75) is 46.1 Å². The molecule has 0 aromatic carbocycles. The van der Waals surface area contributed by atoms with Gasteiger partial charge in [-0.3, -0.25) is 9.59 Å². The van der Waals surface area contributed by atoms with Crippen LogP contribution in [0, 0.1) is 6.92 Å². The van der Waals surface area contributed by atoms with Crippen LogP contribution in [0.3, 0.4) is 0 Å². The zero-order chi connectivity index (χ0) is 13.5. The van der Waals surface area contributed by atoms with Gasteiger partial charge >= 0.3 is 5.97 Å². The highest BCUT2D eigenvalue weighted by Gasteiger charge is 2.11. The number of carboxylic acid groups (broad SMARTS) is 1. The van der Waals surface area contributed by atoms with Crippen LogP contribution in [0.1, 0.15) is 38.2 Å². The average molecular weight is 253 g/mol. The fourth-order valence-corrected chi connectivity index (χ4v) is 1.53. The van der Waals surface area contributed by atoms with Gasteiger partial charge in [0.25, 0.3) is 0 Å². The number of anilines is 1. The van der Waals surface area contributed by atoms with Crippen LogP contribution in [0.4, 0.5) is 5.82 Å². The first-order valence-electron chi connectivity index (χ1n) is 6.08. The second-order valence-electron chi connectivity index (χ2n) is 4.19. The van der Waals surface area contributed by atoms with Crippen molar-refractivity contribution < 1.29 is 14.7 Å². The number of carbonyl (C=O) groups is 2. The summed E-state index contributed by atoms with van der Waals surface area (Å²) in [5.74, 6) is -0.598. The van der Waals surface area contributed by atoms with Gasteiger partial charge < -0.3 is 10.4 Å². The lowest BCUT2D eigenvalue weighted by molar-refractivity contribution is -0.138. The summed E-state index contributed by atoms with van der Waals surface area (Å²) in [4.78, 5) is 22.0. The Morgan fingerprint density at radius 2 is 2.17 bits per heavy atom. The number of aromatic nitrogens is 2. The van der Waals surface area contributed by atoms with Crippen LogP contribution >= 0.6 is 0 Å². The highest BCUT2D eigenvalue weighted by Crippen LogP contribution is 2.15. The van der Waals surface area contributed by atoms with Gasteiger partial charge in [-0.25, -0.2) is 4.68 Å². The van der Waals surface area contributed by atoms with Gasteiger partial charge in [0.1, 0.15) is 5.82 Å². The minimum atomic E-state index is -0.971. The highest BCUT2D eigenvalue weighted by molar-refractivity contribution is 5.92. The fraction of sp³-hybridized carbons (Fsp3) is 0.583. The zero-order valence-corrected chi connectivity index (χ0v) is 10.8. The summed E-state index contributed by atoms with van der Waals surface area (Å²) in [5.41, 5.74) is 0.884. The molecule has 0 aliphatic carbocycles. The van der Waals surface area contributed by atoms with Crippen molar-refractivity contribution >= 4 is 17.7 Å². The Labute approximate surface area is 106 Å². The first-order chi connectivity index (χ1) is 8.54. The van der Waals surface area contributed by atoms with E-state index in [0.29, 0.717) is 5.82 Å². The smallest absolute Gasteiger partial charge is 0.303 e. The molecule has 0 radical (unpaired) electrons. The van der Waals surface area contributed by atoms with E-state index in [0.717, 1.165) is 24.9 Å². The highest BCUT2D eigenvalue weighted by atomic mass is 16.4.